The largest absolute Gasteiger partial charge is 0.496 e. The number of hydrogen-bond acceptors (Lipinski definition) is 3. The zero-order valence-corrected chi connectivity index (χ0v) is 9.30. The minimum Gasteiger partial charge on any atom is -0.496 e. The van der Waals surface area contributed by atoms with Gasteiger partial charge in [-0.05, 0) is 12.1 Å². The molecule has 0 aliphatic heterocycles. The molecule has 0 atom stereocenters. The predicted octanol–water partition coefficient (Wildman–Crippen LogP) is 2.06. The van der Waals surface area contributed by atoms with Crippen molar-refractivity contribution in [2.24, 2.45) is 0 Å². The molecule has 0 saturated heterocycles. The summed E-state index contributed by atoms with van der Waals surface area (Å²) >= 11 is 0. The molecule has 5 heteroatoms. The highest BCUT2D eigenvalue weighted by Gasteiger charge is 2.10. The highest BCUT2D eigenvalue weighted by molar-refractivity contribution is 5.44. The Hall–Kier alpha value is -1.36. The van der Waals surface area contributed by atoms with Gasteiger partial charge in [-0.1, -0.05) is 6.07 Å². The van der Waals surface area contributed by atoms with Gasteiger partial charge in [0.1, 0.15) is 11.5 Å². The Bertz CT molecular complexity index is 310. The average molecular weight is 231 g/mol. The summed E-state index contributed by atoms with van der Waals surface area (Å²) in [5.74, 6) is 1.25. The fourth-order valence-corrected chi connectivity index (χ4v) is 1.41. The number of ether oxygens (including phenoxy) is 2. The van der Waals surface area contributed by atoms with E-state index in [1.807, 2.05) is 0 Å². The zero-order chi connectivity index (χ0) is 12.0. The summed E-state index contributed by atoms with van der Waals surface area (Å²) < 4.78 is 34.2. The van der Waals surface area contributed by atoms with Crippen LogP contribution in [-0.2, 0) is 6.54 Å². The van der Waals surface area contributed by atoms with Gasteiger partial charge in [-0.15, -0.1) is 0 Å². The Morgan fingerprint density at radius 1 is 1.19 bits per heavy atom. The van der Waals surface area contributed by atoms with Crippen LogP contribution in [0.15, 0.2) is 18.2 Å². The Kier molecular flexibility index (Phi) is 4.98. The summed E-state index contributed by atoms with van der Waals surface area (Å²) in [6.45, 7) is -0.0568. The van der Waals surface area contributed by atoms with Crippen LogP contribution in [0, 0.1) is 0 Å². The van der Waals surface area contributed by atoms with Crippen molar-refractivity contribution < 1.29 is 18.3 Å². The van der Waals surface area contributed by atoms with Crippen molar-refractivity contribution in [2.45, 2.75) is 13.0 Å². The summed E-state index contributed by atoms with van der Waals surface area (Å²) in [6, 6.07) is 5.32. The normalized spacial score (nSPS) is 10.6. The van der Waals surface area contributed by atoms with Crippen molar-refractivity contribution in [2.75, 3.05) is 20.8 Å². The van der Waals surface area contributed by atoms with E-state index in [9.17, 15) is 8.78 Å². The van der Waals surface area contributed by atoms with Crippen LogP contribution in [0.1, 0.15) is 5.56 Å². The maximum Gasteiger partial charge on any atom is 0.250 e. The van der Waals surface area contributed by atoms with Crippen molar-refractivity contribution in [1.82, 2.24) is 5.32 Å². The molecule has 0 fully saturated rings. The first kappa shape index (κ1) is 12.7. The van der Waals surface area contributed by atoms with Crippen molar-refractivity contribution in [3.8, 4) is 11.5 Å². The van der Waals surface area contributed by atoms with Gasteiger partial charge in [-0.25, -0.2) is 8.78 Å². The molecule has 1 aromatic carbocycles. The summed E-state index contributed by atoms with van der Waals surface area (Å²) in [4.78, 5) is 0. The SMILES string of the molecule is COc1cccc(OC)c1CNCC(F)F. The highest BCUT2D eigenvalue weighted by atomic mass is 19.3. The van der Waals surface area contributed by atoms with E-state index in [1.165, 1.54) is 14.2 Å². The van der Waals surface area contributed by atoms with Crippen LogP contribution in [0.5, 0.6) is 11.5 Å². The molecule has 0 saturated carbocycles. The van der Waals surface area contributed by atoms with E-state index >= 15 is 0 Å². The van der Waals surface area contributed by atoms with Gasteiger partial charge in [0.05, 0.1) is 20.8 Å². The highest BCUT2D eigenvalue weighted by Crippen LogP contribution is 2.27. The summed E-state index contributed by atoms with van der Waals surface area (Å²) in [5, 5.41) is 2.64. The third kappa shape index (κ3) is 3.34. The minimum atomic E-state index is -2.36. The Balaban J connectivity index is 2.74. The Labute approximate surface area is 93.4 Å². The number of benzene rings is 1. The van der Waals surface area contributed by atoms with E-state index < -0.39 is 6.43 Å². The van der Waals surface area contributed by atoms with E-state index in [0.29, 0.717) is 11.5 Å². The first-order chi connectivity index (χ1) is 7.69. The predicted molar refractivity (Wildman–Crippen MR) is 57.3 cm³/mol. The Morgan fingerprint density at radius 2 is 1.75 bits per heavy atom. The lowest BCUT2D eigenvalue weighted by Gasteiger charge is -2.13. The van der Waals surface area contributed by atoms with Gasteiger partial charge in [-0.3, -0.25) is 0 Å². The average Bonchev–Trinajstić information content (AvgIpc) is 2.28. The van der Waals surface area contributed by atoms with Crippen LogP contribution in [0.2, 0.25) is 0 Å². The topological polar surface area (TPSA) is 30.5 Å². The van der Waals surface area contributed by atoms with Gasteiger partial charge in [0.15, 0.2) is 0 Å². The second kappa shape index (κ2) is 6.27. The van der Waals surface area contributed by atoms with Crippen LogP contribution in [0.4, 0.5) is 8.78 Å². The molecule has 1 aromatic rings. The maximum atomic E-state index is 12.0. The zero-order valence-electron chi connectivity index (χ0n) is 9.30. The number of halogens is 2. The van der Waals surface area contributed by atoms with Crippen molar-refractivity contribution >= 4 is 0 Å². The molecular weight excluding hydrogens is 216 g/mol. The van der Waals surface area contributed by atoms with Crippen LogP contribution in [-0.4, -0.2) is 27.2 Å². The first-order valence-corrected chi connectivity index (χ1v) is 4.87. The molecule has 0 aromatic heterocycles. The molecular formula is C11H15F2NO2. The number of rotatable bonds is 6. The second-order valence-electron chi connectivity index (χ2n) is 3.16. The van der Waals surface area contributed by atoms with E-state index in [0.717, 1.165) is 5.56 Å². The summed E-state index contributed by atoms with van der Waals surface area (Å²) in [6.07, 6.45) is -2.36. The number of hydrogen-bond donors (Lipinski definition) is 1. The third-order valence-electron chi connectivity index (χ3n) is 2.13. The number of alkyl halides is 2. The van der Waals surface area contributed by atoms with Gasteiger partial charge in [0.25, 0.3) is 6.43 Å². The fourth-order valence-electron chi connectivity index (χ4n) is 1.41. The lowest BCUT2D eigenvalue weighted by Crippen LogP contribution is -2.21. The summed E-state index contributed by atoms with van der Waals surface area (Å²) in [7, 11) is 3.07. The van der Waals surface area contributed by atoms with Gasteiger partial charge in [0.2, 0.25) is 0 Å². The molecule has 16 heavy (non-hydrogen) atoms. The fraction of sp³-hybridized carbons (Fsp3) is 0.455. The van der Waals surface area contributed by atoms with Crippen LogP contribution < -0.4 is 14.8 Å². The molecule has 0 aliphatic rings. The van der Waals surface area contributed by atoms with Crippen LogP contribution >= 0.6 is 0 Å². The van der Waals surface area contributed by atoms with Gasteiger partial charge >= 0.3 is 0 Å². The van der Waals surface area contributed by atoms with E-state index in [2.05, 4.69) is 5.32 Å². The minimum absolute atomic E-state index is 0.289. The molecule has 0 heterocycles. The molecule has 3 nitrogen and oxygen atoms in total. The number of methoxy groups -OCH3 is 2. The monoisotopic (exact) mass is 231 g/mol. The van der Waals surface area contributed by atoms with E-state index in [1.54, 1.807) is 18.2 Å². The van der Waals surface area contributed by atoms with Crippen molar-refractivity contribution in [1.29, 1.82) is 0 Å². The maximum absolute atomic E-state index is 12.0. The molecule has 0 bridgehead atoms. The standard InChI is InChI=1S/C11H15F2NO2/c1-15-9-4-3-5-10(16-2)8(9)6-14-7-11(12)13/h3-5,11,14H,6-7H2,1-2H3. The lowest BCUT2D eigenvalue weighted by molar-refractivity contribution is 0.145. The number of nitrogens with one attached hydrogen (secondary N) is 1. The van der Waals surface area contributed by atoms with E-state index in [-0.39, 0.29) is 13.1 Å². The molecule has 0 amide bonds. The van der Waals surface area contributed by atoms with Gasteiger partial charge in [-0.2, -0.15) is 0 Å². The molecule has 90 valence electrons. The van der Waals surface area contributed by atoms with E-state index in [4.69, 9.17) is 9.47 Å². The molecule has 0 radical (unpaired) electrons. The van der Waals surface area contributed by atoms with Crippen molar-refractivity contribution in [3.05, 3.63) is 23.8 Å². The molecule has 1 rings (SSSR count). The molecule has 0 aliphatic carbocycles. The smallest absolute Gasteiger partial charge is 0.250 e. The molecule has 1 N–H and O–H groups in total. The third-order valence-corrected chi connectivity index (χ3v) is 2.13. The second-order valence-corrected chi connectivity index (χ2v) is 3.16. The van der Waals surface area contributed by atoms with Crippen molar-refractivity contribution in [3.63, 3.8) is 0 Å². The van der Waals surface area contributed by atoms with Gasteiger partial charge < -0.3 is 14.8 Å². The molecule has 0 unspecified atom stereocenters. The van der Waals surface area contributed by atoms with Gasteiger partial charge in [0, 0.05) is 12.1 Å². The molecule has 0 spiro atoms. The Morgan fingerprint density at radius 3 is 2.19 bits per heavy atom. The quantitative estimate of drug-likeness (QED) is 0.812. The van der Waals surface area contributed by atoms with Crippen LogP contribution in [0.3, 0.4) is 0 Å². The van der Waals surface area contributed by atoms with Crippen LogP contribution in [0.25, 0.3) is 0 Å². The lowest BCUT2D eigenvalue weighted by atomic mass is 10.1. The first-order valence-electron chi connectivity index (χ1n) is 4.87. The summed E-state index contributed by atoms with van der Waals surface area (Å²) in [5.41, 5.74) is 0.744.